The van der Waals surface area contributed by atoms with E-state index in [-0.39, 0.29) is 5.82 Å². The van der Waals surface area contributed by atoms with Gasteiger partial charge in [-0.2, -0.15) is 0 Å². The highest BCUT2D eigenvalue weighted by Gasteiger charge is 2.25. The van der Waals surface area contributed by atoms with E-state index in [4.69, 9.17) is 0 Å². The first kappa shape index (κ1) is 15.3. The average Bonchev–Trinajstić information content (AvgIpc) is 2.35. The third kappa shape index (κ3) is 4.48. The highest BCUT2D eigenvalue weighted by atomic mass is 19.1. The second-order valence-electron chi connectivity index (χ2n) is 7.36. The first-order valence-corrected chi connectivity index (χ1v) is 7.57. The van der Waals surface area contributed by atoms with E-state index >= 15 is 0 Å². The SMILES string of the molecule is CC1CC(NCC(C)(C)C)CN(c2cccc(F)c2)C1. The molecule has 2 atom stereocenters. The van der Waals surface area contributed by atoms with Gasteiger partial charge in [0.05, 0.1) is 0 Å². The van der Waals surface area contributed by atoms with Gasteiger partial charge in [-0.25, -0.2) is 4.39 Å². The van der Waals surface area contributed by atoms with E-state index in [2.05, 4.69) is 37.9 Å². The van der Waals surface area contributed by atoms with Crippen LogP contribution in [-0.2, 0) is 0 Å². The molecule has 20 heavy (non-hydrogen) atoms. The summed E-state index contributed by atoms with van der Waals surface area (Å²) in [6.45, 7) is 12.0. The minimum absolute atomic E-state index is 0.153. The molecule has 0 spiro atoms. The van der Waals surface area contributed by atoms with E-state index in [9.17, 15) is 4.39 Å². The maximum absolute atomic E-state index is 13.4. The van der Waals surface area contributed by atoms with Crippen molar-refractivity contribution in [1.29, 1.82) is 0 Å². The predicted octanol–water partition coefficient (Wildman–Crippen LogP) is 3.68. The molecule has 1 fully saturated rings. The number of piperidine rings is 1. The maximum atomic E-state index is 13.4. The lowest BCUT2D eigenvalue weighted by Crippen LogP contribution is -2.50. The van der Waals surface area contributed by atoms with Crippen LogP contribution in [0.1, 0.15) is 34.1 Å². The van der Waals surface area contributed by atoms with Crippen molar-refractivity contribution in [2.75, 3.05) is 24.5 Å². The molecule has 0 aliphatic carbocycles. The molecule has 112 valence electrons. The van der Waals surface area contributed by atoms with Crippen LogP contribution >= 0.6 is 0 Å². The summed E-state index contributed by atoms with van der Waals surface area (Å²) < 4.78 is 13.4. The molecular weight excluding hydrogens is 251 g/mol. The third-order valence-electron chi connectivity index (χ3n) is 3.75. The van der Waals surface area contributed by atoms with E-state index in [1.807, 2.05) is 6.07 Å². The van der Waals surface area contributed by atoms with Crippen molar-refractivity contribution >= 4 is 5.69 Å². The molecule has 1 aliphatic rings. The van der Waals surface area contributed by atoms with Crippen LogP contribution in [0.4, 0.5) is 10.1 Å². The largest absolute Gasteiger partial charge is 0.370 e. The Hall–Kier alpha value is -1.09. The van der Waals surface area contributed by atoms with Crippen LogP contribution in [0.25, 0.3) is 0 Å². The highest BCUT2D eigenvalue weighted by Crippen LogP contribution is 2.24. The Morgan fingerprint density at radius 2 is 2.05 bits per heavy atom. The molecule has 0 amide bonds. The number of hydrogen-bond donors (Lipinski definition) is 1. The molecule has 2 rings (SSSR count). The molecule has 0 bridgehead atoms. The van der Waals surface area contributed by atoms with Gasteiger partial charge < -0.3 is 10.2 Å². The van der Waals surface area contributed by atoms with E-state index in [1.54, 1.807) is 12.1 Å². The van der Waals surface area contributed by atoms with Gasteiger partial charge in [-0.3, -0.25) is 0 Å². The van der Waals surface area contributed by atoms with Crippen LogP contribution in [0.15, 0.2) is 24.3 Å². The molecule has 2 nitrogen and oxygen atoms in total. The van der Waals surface area contributed by atoms with E-state index in [1.165, 1.54) is 12.5 Å². The van der Waals surface area contributed by atoms with Crippen molar-refractivity contribution in [3.8, 4) is 0 Å². The number of benzene rings is 1. The predicted molar refractivity (Wildman–Crippen MR) is 83.6 cm³/mol. The fraction of sp³-hybridized carbons (Fsp3) is 0.647. The van der Waals surface area contributed by atoms with Crippen molar-refractivity contribution in [3.63, 3.8) is 0 Å². The smallest absolute Gasteiger partial charge is 0.125 e. The second kappa shape index (κ2) is 6.13. The molecule has 1 heterocycles. The first-order valence-electron chi connectivity index (χ1n) is 7.57. The van der Waals surface area contributed by atoms with Gasteiger partial charge in [0.1, 0.15) is 5.82 Å². The molecule has 0 aromatic heterocycles. The van der Waals surface area contributed by atoms with Crippen molar-refractivity contribution in [3.05, 3.63) is 30.1 Å². The molecule has 0 radical (unpaired) electrons. The zero-order valence-corrected chi connectivity index (χ0v) is 13.1. The summed E-state index contributed by atoms with van der Waals surface area (Å²) in [6, 6.07) is 7.43. The lowest BCUT2D eigenvalue weighted by atomic mass is 9.92. The Kier molecular flexibility index (Phi) is 4.69. The first-order chi connectivity index (χ1) is 9.33. The van der Waals surface area contributed by atoms with Crippen molar-refractivity contribution < 1.29 is 4.39 Å². The van der Waals surface area contributed by atoms with Crippen LogP contribution in [0.2, 0.25) is 0 Å². The molecule has 1 aliphatic heterocycles. The monoisotopic (exact) mass is 278 g/mol. The zero-order valence-electron chi connectivity index (χ0n) is 13.1. The van der Waals surface area contributed by atoms with E-state index in [0.717, 1.165) is 25.3 Å². The quantitative estimate of drug-likeness (QED) is 0.907. The van der Waals surface area contributed by atoms with Gasteiger partial charge >= 0.3 is 0 Å². The molecule has 2 unspecified atom stereocenters. The lowest BCUT2D eigenvalue weighted by Gasteiger charge is -2.39. The van der Waals surface area contributed by atoms with Gasteiger partial charge in [0.15, 0.2) is 0 Å². The topological polar surface area (TPSA) is 15.3 Å². The molecule has 1 saturated heterocycles. The van der Waals surface area contributed by atoms with Gasteiger partial charge in [-0.05, 0) is 36.0 Å². The fourth-order valence-corrected chi connectivity index (χ4v) is 2.83. The van der Waals surface area contributed by atoms with Crippen LogP contribution in [0.3, 0.4) is 0 Å². The van der Waals surface area contributed by atoms with Crippen LogP contribution in [0.5, 0.6) is 0 Å². The molecule has 1 aromatic carbocycles. The number of nitrogens with zero attached hydrogens (tertiary/aromatic N) is 1. The van der Waals surface area contributed by atoms with Gasteiger partial charge in [0.25, 0.3) is 0 Å². The Bertz CT molecular complexity index is 439. The number of hydrogen-bond acceptors (Lipinski definition) is 2. The summed E-state index contributed by atoms with van der Waals surface area (Å²) in [4.78, 5) is 2.30. The minimum atomic E-state index is -0.153. The van der Waals surface area contributed by atoms with Crippen LogP contribution < -0.4 is 10.2 Å². The summed E-state index contributed by atoms with van der Waals surface area (Å²) in [7, 11) is 0. The van der Waals surface area contributed by atoms with Crippen molar-refractivity contribution in [2.45, 2.75) is 40.2 Å². The van der Waals surface area contributed by atoms with Gasteiger partial charge in [0.2, 0.25) is 0 Å². The Balaban J connectivity index is 2.01. The molecule has 1 aromatic rings. The number of halogens is 1. The maximum Gasteiger partial charge on any atom is 0.125 e. The highest BCUT2D eigenvalue weighted by molar-refractivity contribution is 5.47. The minimum Gasteiger partial charge on any atom is -0.370 e. The number of nitrogens with one attached hydrogen (secondary N) is 1. The summed E-state index contributed by atoms with van der Waals surface area (Å²) in [5.74, 6) is 0.476. The summed E-state index contributed by atoms with van der Waals surface area (Å²) in [5.41, 5.74) is 1.30. The van der Waals surface area contributed by atoms with Crippen molar-refractivity contribution in [1.82, 2.24) is 5.32 Å². The van der Waals surface area contributed by atoms with E-state index in [0.29, 0.717) is 17.4 Å². The average molecular weight is 278 g/mol. The van der Waals surface area contributed by atoms with Crippen LogP contribution in [-0.4, -0.2) is 25.7 Å². The fourth-order valence-electron chi connectivity index (χ4n) is 2.83. The summed E-state index contributed by atoms with van der Waals surface area (Å²) >= 11 is 0. The van der Waals surface area contributed by atoms with Gasteiger partial charge in [0, 0.05) is 31.4 Å². The molecule has 3 heteroatoms. The lowest BCUT2D eigenvalue weighted by molar-refractivity contribution is 0.300. The molecule has 0 saturated carbocycles. The van der Waals surface area contributed by atoms with Crippen molar-refractivity contribution in [2.24, 2.45) is 11.3 Å². The summed E-state index contributed by atoms with van der Waals surface area (Å²) in [6.07, 6.45) is 1.20. The Labute approximate surface area is 122 Å². The number of anilines is 1. The summed E-state index contributed by atoms with van der Waals surface area (Å²) in [5, 5.41) is 3.67. The Morgan fingerprint density at radius 3 is 2.70 bits per heavy atom. The number of rotatable bonds is 3. The Morgan fingerprint density at radius 1 is 1.30 bits per heavy atom. The zero-order chi connectivity index (χ0) is 14.8. The third-order valence-corrected chi connectivity index (χ3v) is 3.75. The van der Waals surface area contributed by atoms with Gasteiger partial charge in [-0.1, -0.05) is 33.8 Å². The normalized spacial score (nSPS) is 23.9. The second-order valence-corrected chi connectivity index (χ2v) is 7.36. The molecular formula is C17H27FN2. The molecule has 1 N–H and O–H groups in total. The van der Waals surface area contributed by atoms with E-state index < -0.39 is 0 Å². The standard InChI is InChI=1S/C17H27FN2/c1-13-8-15(19-12-17(2,3)4)11-20(10-13)16-7-5-6-14(18)9-16/h5-7,9,13,15,19H,8,10-12H2,1-4H3. The van der Waals surface area contributed by atoms with Gasteiger partial charge in [-0.15, -0.1) is 0 Å². The van der Waals surface area contributed by atoms with Crippen LogP contribution in [0, 0.1) is 17.2 Å².